The van der Waals surface area contributed by atoms with Gasteiger partial charge in [-0.05, 0) is 13.3 Å². The zero-order valence-electron chi connectivity index (χ0n) is 13.8. The van der Waals surface area contributed by atoms with E-state index in [2.05, 4.69) is 11.9 Å². The largest absolute Gasteiger partial charge is 0.292 e. The van der Waals surface area contributed by atoms with Crippen molar-refractivity contribution in [1.82, 2.24) is 0 Å². The lowest BCUT2D eigenvalue weighted by Gasteiger charge is -2.02. The van der Waals surface area contributed by atoms with Crippen molar-refractivity contribution in [2.75, 3.05) is 6.54 Å². The highest BCUT2D eigenvalue weighted by molar-refractivity contribution is 7.81. The molecule has 0 spiro atoms. The Bertz CT molecular complexity index is 236. The van der Waals surface area contributed by atoms with Crippen LogP contribution in [0.1, 0.15) is 97.3 Å². The molecule has 0 bridgehead atoms. The Morgan fingerprint density at radius 3 is 1.55 bits per heavy atom. The Morgan fingerprint density at radius 2 is 1.15 bits per heavy atom. The lowest BCUT2D eigenvalue weighted by Crippen LogP contribution is -1.89. The van der Waals surface area contributed by atoms with Gasteiger partial charge < -0.3 is 0 Å². The highest BCUT2D eigenvalue weighted by Crippen LogP contribution is 2.12. The molecular formula is C18H35NS. The Morgan fingerprint density at radius 1 is 0.750 bits per heavy atom. The fourth-order valence-electron chi connectivity index (χ4n) is 2.41. The minimum absolute atomic E-state index is 0.889. The monoisotopic (exact) mass is 297 g/mol. The van der Waals surface area contributed by atoms with E-state index >= 15 is 0 Å². The molecule has 0 aromatic heterocycles. The number of hydrogen-bond donors (Lipinski definition) is 0. The molecule has 0 saturated heterocycles. The van der Waals surface area contributed by atoms with Crippen LogP contribution in [0.3, 0.4) is 0 Å². The predicted octanol–water partition coefficient (Wildman–Crippen LogP) is 6.54. The molecule has 0 aliphatic carbocycles. The average Bonchev–Trinajstić information content (AvgIpc) is 2.43. The third-order valence-electron chi connectivity index (χ3n) is 3.66. The first-order valence-corrected chi connectivity index (χ1v) is 9.18. The van der Waals surface area contributed by atoms with Crippen LogP contribution in [0.4, 0.5) is 0 Å². The number of aliphatic imine (C=N–C) groups is 1. The van der Waals surface area contributed by atoms with Gasteiger partial charge in [-0.25, -0.2) is 0 Å². The van der Waals surface area contributed by atoms with E-state index in [0.29, 0.717) is 0 Å². The van der Waals surface area contributed by atoms with Crippen LogP contribution >= 0.6 is 12.2 Å². The van der Waals surface area contributed by atoms with Crippen LogP contribution < -0.4 is 0 Å². The molecule has 0 unspecified atom stereocenters. The molecule has 0 heterocycles. The molecule has 0 rings (SSSR count). The van der Waals surface area contributed by atoms with Crippen LogP contribution in [-0.4, -0.2) is 17.6 Å². The summed E-state index contributed by atoms with van der Waals surface area (Å²) in [4.78, 5) is 5.18. The second-order valence-electron chi connectivity index (χ2n) is 5.89. The van der Waals surface area contributed by atoms with Crippen molar-refractivity contribution in [3.05, 3.63) is 0 Å². The molecule has 0 fully saturated rings. The number of unbranched alkanes of at least 4 members (excludes halogenated alkanes) is 12. The van der Waals surface area contributed by atoms with Gasteiger partial charge in [0.25, 0.3) is 0 Å². The van der Waals surface area contributed by atoms with Gasteiger partial charge in [-0.3, -0.25) is 4.99 Å². The van der Waals surface area contributed by atoms with E-state index in [-0.39, 0.29) is 0 Å². The summed E-state index contributed by atoms with van der Waals surface area (Å²) in [7, 11) is 0. The second-order valence-corrected chi connectivity index (χ2v) is 6.53. The maximum atomic E-state index is 4.95. The number of hydrogen-bond acceptors (Lipinski definition) is 2. The van der Waals surface area contributed by atoms with Crippen LogP contribution in [0.2, 0.25) is 0 Å². The molecule has 0 amide bonds. The van der Waals surface area contributed by atoms with E-state index in [0.717, 1.165) is 11.4 Å². The first-order valence-electron chi connectivity index (χ1n) is 8.77. The molecule has 0 aliphatic heterocycles. The lowest BCUT2D eigenvalue weighted by atomic mass is 10.0. The van der Waals surface area contributed by atoms with Crippen molar-refractivity contribution in [2.45, 2.75) is 97.3 Å². The van der Waals surface area contributed by atoms with Gasteiger partial charge in [0.05, 0.1) is 0 Å². The SMILES string of the molecule is CCCCCCCCCCCCCCCN=CC(C)=S. The first-order chi connectivity index (χ1) is 9.77. The highest BCUT2D eigenvalue weighted by Gasteiger charge is 1.93. The number of rotatable bonds is 15. The third kappa shape index (κ3) is 17.8. The van der Waals surface area contributed by atoms with Gasteiger partial charge in [0.15, 0.2) is 0 Å². The molecule has 0 atom stereocenters. The van der Waals surface area contributed by atoms with Crippen LogP contribution in [0.5, 0.6) is 0 Å². The normalized spacial score (nSPS) is 11.3. The van der Waals surface area contributed by atoms with Crippen molar-refractivity contribution >= 4 is 23.3 Å². The van der Waals surface area contributed by atoms with Gasteiger partial charge in [-0.15, -0.1) is 0 Å². The summed E-state index contributed by atoms with van der Waals surface area (Å²) >= 11 is 4.95. The molecule has 0 saturated carbocycles. The van der Waals surface area contributed by atoms with E-state index in [1.807, 2.05) is 13.1 Å². The number of thiocarbonyl (C=S) groups is 1. The van der Waals surface area contributed by atoms with Gasteiger partial charge >= 0.3 is 0 Å². The van der Waals surface area contributed by atoms with Crippen molar-refractivity contribution in [3.63, 3.8) is 0 Å². The maximum Gasteiger partial charge on any atom is 0.0389 e. The molecule has 0 N–H and O–H groups in total. The summed E-state index contributed by atoms with van der Waals surface area (Å²) in [6.07, 6.45) is 20.1. The molecule has 2 heteroatoms. The lowest BCUT2D eigenvalue weighted by molar-refractivity contribution is 0.540. The first kappa shape index (κ1) is 19.8. The van der Waals surface area contributed by atoms with Crippen LogP contribution in [0.15, 0.2) is 4.99 Å². The Hall–Kier alpha value is -0.240. The zero-order valence-corrected chi connectivity index (χ0v) is 14.6. The minimum Gasteiger partial charge on any atom is -0.292 e. The smallest absolute Gasteiger partial charge is 0.0389 e. The summed E-state index contributed by atoms with van der Waals surface area (Å²) in [5.41, 5.74) is 0. The molecule has 0 aliphatic rings. The third-order valence-corrected chi connectivity index (χ3v) is 3.77. The van der Waals surface area contributed by atoms with Crippen molar-refractivity contribution < 1.29 is 0 Å². The van der Waals surface area contributed by atoms with Gasteiger partial charge in [0.2, 0.25) is 0 Å². The maximum absolute atomic E-state index is 4.95. The van der Waals surface area contributed by atoms with Crippen LogP contribution in [-0.2, 0) is 0 Å². The summed E-state index contributed by atoms with van der Waals surface area (Å²) < 4.78 is 0. The zero-order chi connectivity index (χ0) is 14.9. The highest BCUT2D eigenvalue weighted by atomic mass is 32.1. The van der Waals surface area contributed by atoms with Gasteiger partial charge in [0, 0.05) is 17.6 Å². The predicted molar refractivity (Wildman–Crippen MR) is 97.3 cm³/mol. The topological polar surface area (TPSA) is 12.4 Å². The molecule has 20 heavy (non-hydrogen) atoms. The summed E-state index contributed by atoms with van der Waals surface area (Å²) in [6, 6.07) is 0. The van der Waals surface area contributed by atoms with Crippen molar-refractivity contribution in [2.24, 2.45) is 4.99 Å². The minimum atomic E-state index is 0.889. The van der Waals surface area contributed by atoms with Gasteiger partial charge in [0.1, 0.15) is 0 Å². The van der Waals surface area contributed by atoms with E-state index in [4.69, 9.17) is 12.2 Å². The molecule has 0 aromatic rings. The van der Waals surface area contributed by atoms with Crippen molar-refractivity contribution in [3.8, 4) is 0 Å². The fourth-order valence-corrected chi connectivity index (χ4v) is 2.49. The fraction of sp³-hybridized carbons (Fsp3) is 0.889. The summed E-state index contributed by atoms with van der Waals surface area (Å²) in [6.45, 7) is 5.15. The summed E-state index contributed by atoms with van der Waals surface area (Å²) in [5, 5.41) is 0. The van der Waals surface area contributed by atoms with Crippen molar-refractivity contribution in [1.29, 1.82) is 0 Å². The summed E-state index contributed by atoms with van der Waals surface area (Å²) in [5.74, 6) is 0. The van der Waals surface area contributed by atoms with Gasteiger partial charge in [-0.2, -0.15) is 0 Å². The second kappa shape index (κ2) is 16.8. The van der Waals surface area contributed by atoms with E-state index in [9.17, 15) is 0 Å². The molecular weight excluding hydrogens is 262 g/mol. The molecule has 1 nitrogen and oxygen atoms in total. The van der Waals surface area contributed by atoms with Gasteiger partial charge in [-0.1, -0.05) is 96.2 Å². The van der Waals surface area contributed by atoms with E-state index in [1.165, 1.54) is 83.5 Å². The average molecular weight is 298 g/mol. The molecule has 0 aromatic carbocycles. The Kier molecular flexibility index (Phi) is 16.6. The standard InChI is InChI=1S/C18H35NS/c1-3-4-5-6-7-8-9-10-11-12-13-14-15-16-19-17-18(2)20/h17H,3-16H2,1-2H3. The Labute approximate surface area is 132 Å². The van der Waals surface area contributed by atoms with E-state index in [1.54, 1.807) is 0 Å². The molecule has 0 radical (unpaired) electrons. The quantitative estimate of drug-likeness (QED) is 0.190. The van der Waals surface area contributed by atoms with E-state index < -0.39 is 0 Å². The Balaban J connectivity index is 3.01. The van der Waals surface area contributed by atoms with Crippen LogP contribution in [0, 0.1) is 0 Å². The number of nitrogens with zero attached hydrogens (tertiary/aromatic N) is 1. The molecule has 118 valence electrons. The van der Waals surface area contributed by atoms with Crippen LogP contribution in [0.25, 0.3) is 0 Å².